The lowest BCUT2D eigenvalue weighted by molar-refractivity contribution is 0.309. The third-order valence-corrected chi connectivity index (χ3v) is 2.31. The fraction of sp³-hybridized carbons (Fsp3) is 0.250. The van der Waals surface area contributed by atoms with Gasteiger partial charge in [-0.05, 0) is 30.7 Å². The maximum Gasteiger partial charge on any atom is 0.120 e. The first-order chi connectivity index (χ1) is 7.90. The minimum Gasteiger partial charge on any atom is -0.494 e. The van der Waals surface area contributed by atoms with E-state index in [1.165, 1.54) is 0 Å². The molecule has 84 valence electrons. The number of hydrogen-bond donors (Lipinski definition) is 2. The Bertz CT molecular complexity index is 459. The van der Waals surface area contributed by atoms with Crippen LogP contribution in [0.5, 0.6) is 5.75 Å². The van der Waals surface area contributed by atoms with Crippen molar-refractivity contribution in [1.82, 2.24) is 10.4 Å². The Morgan fingerprint density at radius 1 is 1.31 bits per heavy atom. The molecule has 4 heteroatoms. The molecule has 0 fully saturated rings. The summed E-state index contributed by atoms with van der Waals surface area (Å²) in [7, 11) is 0. The highest BCUT2D eigenvalue weighted by atomic mass is 16.5. The molecule has 1 aromatic heterocycles. The molecule has 0 atom stereocenters. The molecule has 4 nitrogen and oxygen atoms in total. The predicted molar refractivity (Wildman–Crippen MR) is 64.0 cm³/mol. The van der Waals surface area contributed by atoms with Gasteiger partial charge in [0.05, 0.1) is 12.1 Å². The summed E-state index contributed by atoms with van der Waals surface area (Å²) < 4.78 is 5.59. The van der Waals surface area contributed by atoms with Crippen molar-refractivity contribution in [1.29, 1.82) is 0 Å². The highest BCUT2D eigenvalue weighted by molar-refractivity contribution is 5.79. The van der Waals surface area contributed by atoms with E-state index in [0.29, 0.717) is 6.61 Å². The number of hydrazine groups is 1. The van der Waals surface area contributed by atoms with Gasteiger partial charge in [-0.2, -0.15) is 0 Å². The second-order valence-electron chi connectivity index (χ2n) is 3.51. The van der Waals surface area contributed by atoms with Crippen LogP contribution in [0, 0.1) is 0 Å². The quantitative estimate of drug-likeness (QED) is 0.452. The molecule has 0 radical (unpaired) electrons. The van der Waals surface area contributed by atoms with Crippen molar-refractivity contribution in [2.45, 2.75) is 6.42 Å². The topological polar surface area (TPSA) is 60.2 Å². The van der Waals surface area contributed by atoms with Crippen LogP contribution in [0.1, 0.15) is 6.42 Å². The molecule has 0 aliphatic rings. The minimum atomic E-state index is 0.663. The van der Waals surface area contributed by atoms with E-state index in [-0.39, 0.29) is 0 Å². The number of nitrogens with two attached hydrogens (primary N) is 1. The normalized spacial score (nSPS) is 10.6. The second-order valence-corrected chi connectivity index (χ2v) is 3.51. The van der Waals surface area contributed by atoms with Gasteiger partial charge in [0.1, 0.15) is 5.75 Å². The van der Waals surface area contributed by atoms with Crippen LogP contribution in [0.4, 0.5) is 0 Å². The van der Waals surface area contributed by atoms with Gasteiger partial charge in [0.25, 0.3) is 0 Å². The third kappa shape index (κ3) is 2.68. The molecule has 2 rings (SSSR count). The molecule has 0 saturated heterocycles. The molecule has 0 aliphatic carbocycles. The zero-order valence-electron chi connectivity index (χ0n) is 9.02. The zero-order valence-corrected chi connectivity index (χ0v) is 9.02. The van der Waals surface area contributed by atoms with Crippen LogP contribution in [-0.2, 0) is 0 Å². The monoisotopic (exact) mass is 217 g/mol. The summed E-state index contributed by atoms with van der Waals surface area (Å²) in [6, 6.07) is 9.84. The highest BCUT2D eigenvalue weighted by Crippen LogP contribution is 2.18. The lowest BCUT2D eigenvalue weighted by atomic mass is 10.2. The number of rotatable bonds is 5. The van der Waals surface area contributed by atoms with Crippen LogP contribution >= 0.6 is 0 Å². The van der Waals surface area contributed by atoms with Gasteiger partial charge in [0.2, 0.25) is 0 Å². The van der Waals surface area contributed by atoms with Crippen molar-refractivity contribution in [2.75, 3.05) is 13.2 Å². The average Bonchev–Trinajstić information content (AvgIpc) is 2.34. The molecule has 0 spiro atoms. The molecule has 2 aromatic rings. The average molecular weight is 217 g/mol. The first-order valence-electron chi connectivity index (χ1n) is 5.31. The predicted octanol–water partition coefficient (Wildman–Crippen LogP) is 1.47. The Balaban J connectivity index is 2.02. The molecule has 3 N–H and O–H groups in total. The summed E-state index contributed by atoms with van der Waals surface area (Å²) >= 11 is 0. The first kappa shape index (κ1) is 10.9. The Morgan fingerprint density at radius 2 is 2.25 bits per heavy atom. The Hall–Kier alpha value is -1.65. The molecule has 1 heterocycles. The van der Waals surface area contributed by atoms with E-state index in [1.54, 1.807) is 6.20 Å². The van der Waals surface area contributed by atoms with Crippen molar-refractivity contribution in [3.05, 3.63) is 36.5 Å². The van der Waals surface area contributed by atoms with E-state index in [2.05, 4.69) is 10.4 Å². The maximum atomic E-state index is 5.59. The van der Waals surface area contributed by atoms with Crippen LogP contribution < -0.4 is 16.0 Å². The van der Waals surface area contributed by atoms with Crippen LogP contribution in [-0.4, -0.2) is 18.1 Å². The molecular weight excluding hydrogens is 202 g/mol. The van der Waals surface area contributed by atoms with Crippen LogP contribution in [0.15, 0.2) is 36.5 Å². The molecule has 1 aromatic carbocycles. The zero-order chi connectivity index (χ0) is 11.2. The number of nitrogens with zero attached hydrogens (tertiary/aromatic N) is 1. The SMILES string of the molecule is NNCCCOc1ccc2ncccc2c1. The summed E-state index contributed by atoms with van der Waals surface area (Å²) in [4.78, 5) is 4.25. The summed E-state index contributed by atoms with van der Waals surface area (Å²) in [6.07, 6.45) is 2.68. The van der Waals surface area contributed by atoms with Gasteiger partial charge >= 0.3 is 0 Å². The van der Waals surface area contributed by atoms with Gasteiger partial charge in [0.15, 0.2) is 0 Å². The lowest BCUT2D eigenvalue weighted by Gasteiger charge is -2.06. The van der Waals surface area contributed by atoms with Crippen molar-refractivity contribution in [3.63, 3.8) is 0 Å². The summed E-state index contributed by atoms with van der Waals surface area (Å²) in [5.41, 5.74) is 3.58. The van der Waals surface area contributed by atoms with Crippen LogP contribution in [0.25, 0.3) is 10.9 Å². The van der Waals surface area contributed by atoms with E-state index in [1.807, 2.05) is 30.3 Å². The highest BCUT2D eigenvalue weighted by Gasteiger charge is 1.97. The third-order valence-electron chi connectivity index (χ3n) is 2.31. The number of hydrogen-bond acceptors (Lipinski definition) is 4. The summed E-state index contributed by atoms with van der Waals surface area (Å²) in [5.74, 6) is 6.04. The molecule has 0 unspecified atom stereocenters. The van der Waals surface area contributed by atoms with E-state index < -0.39 is 0 Å². The minimum absolute atomic E-state index is 0.663. The fourth-order valence-electron chi connectivity index (χ4n) is 1.51. The molecule has 0 amide bonds. The van der Waals surface area contributed by atoms with Gasteiger partial charge in [-0.3, -0.25) is 16.3 Å². The smallest absolute Gasteiger partial charge is 0.120 e. The van der Waals surface area contributed by atoms with Crippen molar-refractivity contribution < 1.29 is 4.74 Å². The van der Waals surface area contributed by atoms with Gasteiger partial charge in [0, 0.05) is 18.1 Å². The number of nitrogens with one attached hydrogen (secondary N) is 1. The van der Waals surface area contributed by atoms with Gasteiger partial charge in [-0.1, -0.05) is 6.07 Å². The number of ether oxygens (including phenoxy) is 1. The Kier molecular flexibility index (Phi) is 3.69. The number of fused-ring (bicyclic) bond motifs is 1. The van der Waals surface area contributed by atoms with Gasteiger partial charge < -0.3 is 4.74 Å². The second kappa shape index (κ2) is 5.44. The van der Waals surface area contributed by atoms with E-state index >= 15 is 0 Å². The van der Waals surface area contributed by atoms with Crippen molar-refractivity contribution in [3.8, 4) is 5.75 Å². The Morgan fingerprint density at radius 3 is 3.12 bits per heavy atom. The number of pyridine rings is 1. The van der Waals surface area contributed by atoms with Gasteiger partial charge in [-0.15, -0.1) is 0 Å². The lowest BCUT2D eigenvalue weighted by Crippen LogP contribution is -2.24. The van der Waals surface area contributed by atoms with Crippen molar-refractivity contribution in [2.24, 2.45) is 5.84 Å². The standard InChI is InChI=1S/C12H15N3O/c13-15-7-2-8-16-11-4-5-12-10(9-11)3-1-6-14-12/h1,3-6,9,15H,2,7-8,13H2. The summed E-state index contributed by atoms with van der Waals surface area (Å²) in [5, 5.41) is 1.09. The first-order valence-corrected chi connectivity index (χ1v) is 5.31. The van der Waals surface area contributed by atoms with E-state index in [4.69, 9.17) is 10.6 Å². The fourth-order valence-corrected chi connectivity index (χ4v) is 1.51. The molecule has 0 saturated carbocycles. The van der Waals surface area contributed by atoms with Gasteiger partial charge in [-0.25, -0.2) is 0 Å². The molecule has 0 aliphatic heterocycles. The van der Waals surface area contributed by atoms with E-state index in [9.17, 15) is 0 Å². The Labute approximate surface area is 94.4 Å². The number of benzene rings is 1. The van der Waals surface area contributed by atoms with Crippen LogP contribution in [0.2, 0.25) is 0 Å². The van der Waals surface area contributed by atoms with Crippen molar-refractivity contribution >= 4 is 10.9 Å². The summed E-state index contributed by atoms with van der Waals surface area (Å²) in [6.45, 7) is 1.42. The molecule has 0 bridgehead atoms. The maximum absolute atomic E-state index is 5.59. The molecular formula is C12H15N3O. The number of aromatic nitrogens is 1. The molecule has 16 heavy (non-hydrogen) atoms. The van der Waals surface area contributed by atoms with E-state index in [0.717, 1.165) is 29.6 Å². The largest absolute Gasteiger partial charge is 0.494 e. The van der Waals surface area contributed by atoms with Crippen LogP contribution in [0.3, 0.4) is 0 Å².